The quantitative estimate of drug-likeness (QED) is 0.741. The summed E-state index contributed by atoms with van der Waals surface area (Å²) in [6, 6.07) is 13.4. The molecule has 2 aromatic carbocycles. The number of rotatable bonds is 5. The summed E-state index contributed by atoms with van der Waals surface area (Å²) < 4.78 is 13.9. The summed E-state index contributed by atoms with van der Waals surface area (Å²) >= 11 is 0. The van der Waals surface area contributed by atoms with Gasteiger partial charge in [0.15, 0.2) is 0 Å². The van der Waals surface area contributed by atoms with Crippen molar-refractivity contribution in [3.05, 3.63) is 65.1 Å². The van der Waals surface area contributed by atoms with Crippen molar-refractivity contribution in [2.75, 3.05) is 24.5 Å². The minimum absolute atomic E-state index is 0.0363. The lowest BCUT2D eigenvalue weighted by Crippen LogP contribution is -2.34. The van der Waals surface area contributed by atoms with Gasteiger partial charge in [0.1, 0.15) is 5.82 Å². The van der Waals surface area contributed by atoms with Gasteiger partial charge in [-0.15, -0.1) is 0 Å². The Morgan fingerprint density at radius 1 is 1.23 bits per heavy atom. The predicted molar refractivity (Wildman–Crippen MR) is 102 cm³/mol. The highest BCUT2D eigenvalue weighted by molar-refractivity contribution is 5.90. The van der Waals surface area contributed by atoms with Crippen LogP contribution >= 0.6 is 0 Å². The number of hydrogen-bond donors (Lipinski definition) is 2. The number of aromatic nitrogens is 1. The first-order valence-electron chi connectivity index (χ1n) is 8.98. The summed E-state index contributed by atoms with van der Waals surface area (Å²) in [5.41, 5.74) is 4.82. The van der Waals surface area contributed by atoms with E-state index in [-0.39, 0.29) is 18.1 Å². The van der Waals surface area contributed by atoms with Crippen LogP contribution in [-0.2, 0) is 17.6 Å². The standard InChI is InChI=1S/C21H22FN3O/c1-14-17(16-6-4-7-18(22)21(16)24-14)13-20(26)23-10-12-25-11-9-15-5-2-3-8-19(15)25/h2-8,24H,9-13H2,1H3,(H,23,26). The van der Waals surface area contributed by atoms with E-state index in [9.17, 15) is 9.18 Å². The number of carbonyl (C=O) groups is 1. The molecule has 1 amide bonds. The normalized spacial score (nSPS) is 13.2. The van der Waals surface area contributed by atoms with Crippen molar-refractivity contribution in [1.82, 2.24) is 10.3 Å². The molecule has 3 aromatic rings. The third-order valence-corrected chi connectivity index (χ3v) is 5.13. The number of halogens is 1. The number of fused-ring (bicyclic) bond motifs is 2. The van der Waals surface area contributed by atoms with Crippen LogP contribution in [-0.4, -0.2) is 30.5 Å². The minimum Gasteiger partial charge on any atom is -0.369 e. The van der Waals surface area contributed by atoms with Crippen molar-refractivity contribution in [2.24, 2.45) is 0 Å². The Labute approximate surface area is 152 Å². The summed E-state index contributed by atoms with van der Waals surface area (Å²) in [6.07, 6.45) is 1.32. The summed E-state index contributed by atoms with van der Waals surface area (Å²) in [6.45, 7) is 4.27. The number of para-hydroxylation sites is 2. The summed E-state index contributed by atoms with van der Waals surface area (Å²) in [4.78, 5) is 17.7. The first kappa shape index (κ1) is 16.6. The number of anilines is 1. The molecule has 0 spiro atoms. The highest BCUT2D eigenvalue weighted by atomic mass is 19.1. The number of amides is 1. The Hall–Kier alpha value is -2.82. The molecule has 0 unspecified atom stereocenters. The molecule has 0 bridgehead atoms. The van der Waals surface area contributed by atoms with E-state index in [0.717, 1.165) is 36.2 Å². The van der Waals surface area contributed by atoms with E-state index in [1.807, 2.05) is 13.0 Å². The number of hydrogen-bond acceptors (Lipinski definition) is 2. The van der Waals surface area contributed by atoms with Crippen LogP contribution in [0.4, 0.5) is 10.1 Å². The average Bonchev–Trinajstić information content (AvgIpc) is 3.18. The highest BCUT2D eigenvalue weighted by Crippen LogP contribution is 2.27. The molecule has 2 heterocycles. The monoisotopic (exact) mass is 351 g/mol. The van der Waals surface area contributed by atoms with Crippen LogP contribution in [0.25, 0.3) is 10.9 Å². The maximum atomic E-state index is 13.9. The van der Waals surface area contributed by atoms with E-state index in [1.54, 1.807) is 6.07 Å². The minimum atomic E-state index is -0.287. The third-order valence-electron chi connectivity index (χ3n) is 5.13. The Morgan fingerprint density at radius 2 is 2.08 bits per heavy atom. The maximum absolute atomic E-state index is 13.9. The van der Waals surface area contributed by atoms with E-state index in [0.29, 0.717) is 12.1 Å². The van der Waals surface area contributed by atoms with Gasteiger partial charge in [0.25, 0.3) is 0 Å². The zero-order valence-electron chi connectivity index (χ0n) is 14.8. The van der Waals surface area contributed by atoms with Gasteiger partial charge < -0.3 is 15.2 Å². The second-order valence-corrected chi connectivity index (χ2v) is 6.78. The van der Waals surface area contributed by atoms with Gasteiger partial charge in [-0.2, -0.15) is 0 Å². The van der Waals surface area contributed by atoms with Gasteiger partial charge in [0.05, 0.1) is 11.9 Å². The number of aromatic amines is 1. The van der Waals surface area contributed by atoms with Crippen LogP contribution in [0.15, 0.2) is 42.5 Å². The molecular weight excluding hydrogens is 329 g/mol. The van der Waals surface area contributed by atoms with Crippen molar-refractivity contribution < 1.29 is 9.18 Å². The lowest BCUT2D eigenvalue weighted by atomic mass is 10.1. The largest absolute Gasteiger partial charge is 0.369 e. The lowest BCUT2D eigenvalue weighted by molar-refractivity contribution is -0.120. The summed E-state index contributed by atoms with van der Waals surface area (Å²) in [7, 11) is 0. The van der Waals surface area contributed by atoms with Crippen molar-refractivity contribution >= 4 is 22.5 Å². The number of nitrogens with one attached hydrogen (secondary N) is 2. The molecule has 26 heavy (non-hydrogen) atoms. The average molecular weight is 351 g/mol. The molecule has 1 aliphatic rings. The Kier molecular flexibility index (Phi) is 4.37. The van der Waals surface area contributed by atoms with Crippen molar-refractivity contribution in [2.45, 2.75) is 19.8 Å². The van der Waals surface area contributed by atoms with Crippen LogP contribution in [0.2, 0.25) is 0 Å². The Morgan fingerprint density at radius 3 is 2.96 bits per heavy atom. The molecule has 0 saturated heterocycles. The second-order valence-electron chi connectivity index (χ2n) is 6.78. The molecule has 0 atom stereocenters. The van der Waals surface area contributed by atoms with Gasteiger partial charge >= 0.3 is 0 Å². The van der Waals surface area contributed by atoms with Crippen molar-refractivity contribution in [3.63, 3.8) is 0 Å². The highest BCUT2D eigenvalue weighted by Gasteiger charge is 2.18. The van der Waals surface area contributed by atoms with Crippen LogP contribution in [0, 0.1) is 12.7 Å². The molecule has 0 saturated carbocycles. The van der Waals surface area contributed by atoms with E-state index in [1.165, 1.54) is 17.3 Å². The molecule has 1 aromatic heterocycles. The number of nitrogens with zero attached hydrogens (tertiary/aromatic N) is 1. The topological polar surface area (TPSA) is 48.1 Å². The van der Waals surface area contributed by atoms with Crippen molar-refractivity contribution in [1.29, 1.82) is 0 Å². The molecule has 0 aliphatic carbocycles. The van der Waals surface area contributed by atoms with E-state index in [4.69, 9.17) is 0 Å². The molecular formula is C21H22FN3O. The number of carbonyl (C=O) groups excluding carboxylic acids is 1. The first-order chi connectivity index (χ1) is 12.6. The van der Waals surface area contributed by atoms with Gasteiger partial charge in [-0.1, -0.05) is 30.3 Å². The fourth-order valence-corrected chi connectivity index (χ4v) is 3.79. The molecule has 0 radical (unpaired) electrons. The number of aryl methyl sites for hydroxylation is 1. The van der Waals surface area contributed by atoms with E-state index >= 15 is 0 Å². The number of benzene rings is 2. The van der Waals surface area contributed by atoms with Gasteiger partial charge in [0, 0.05) is 36.4 Å². The lowest BCUT2D eigenvalue weighted by Gasteiger charge is -2.19. The van der Waals surface area contributed by atoms with Gasteiger partial charge in [-0.3, -0.25) is 4.79 Å². The van der Waals surface area contributed by atoms with Crippen LogP contribution in [0.3, 0.4) is 0 Å². The van der Waals surface area contributed by atoms with Gasteiger partial charge in [-0.05, 0) is 36.6 Å². The summed E-state index contributed by atoms with van der Waals surface area (Å²) in [5, 5.41) is 3.78. The molecule has 4 nitrogen and oxygen atoms in total. The SMILES string of the molecule is Cc1[nH]c2c(F)cccc2c1CC(=O)NCCN1CCc2ccccc21. The van der Waals surface area contributed by atoms with Crippen LogP contribution in [0.5, 0.6) is 0 Å². The molecule has 134 valence electrons. The zero-order chi connectivity index (χ0) is 18.1. The second kappa shape index (κ2) is 6.83. The fourth-order valence-electron chi connectivity index (χ4n) is 3.79. The molecule has 0 fully saturated rings. The molecule has 1 aliphatic heterocycles. The van der Waals surface area contributed by atoms with E-state index < -0.39 is 0 Å². The van der Waals surface area contributed by atoms with Gasteiger partial charge in [-0.25, -0.2) is 4.39 Å². The molecule has 2 N–H and O–H groups in total. The fraction of sp³-hybridized carbons (Fsp3) is 0.286. The number of H-pyrrole nitrogens is 1. The van der Waals surface area contributed by atoms with Crippen molar-refractivity contribution in [3.8, 4) is 0 Å². The molecule has 5 heteroatoms. The smallest absolute Gasteiger partial charge is 0.224 e. The van der Waals surface area contributed by atoms with Gasteiger partial charge in [0.2, 0.25) is 5.91 Å². The van der Waals surface area contributed by atoms with Crippen LogP contribution in [0.1, 0.15) is 16.8 Å². The Bertz CT molecular complexity index is 963. The third kappa shape index (κ3) is 3.05. The maximum Gasteiger partial charge on any atom is 0.224 e. The first-order valence-corrected chi connectivity index (χ1v) is 8.98. The molecule has 4 rings (SSSR count). The van der Waals surface area contributed by atoms with Crippen LogP contribution < -0.4 is 10.2 Å². The zero-order valence-corrected chi connectivity index (χ0v) is 14.8. The predicted octanol–water partition coefficient (Wildman–Crippen LogP) is 3.34. The van der Waals surface area contributed by atoms with E-state index in [2.05, 4.69) is 39.5 Å². The Balaban J connectivity index is 1.37. The summed E-state index contributed by atoms with van der Waals surface area (Å²) in [5.74, 6) is -0.323.